The van der Waals surface area contributed by atoms with Crippen molar-refractivity contribution in [2.24, 2.45) is 0 Å². The Morgan fingerprint density at radius 1 is 1.00 bits per heavy atom. The van der Waals surface area contributed by atoms with Crippen LogP contribution in [0.3, 0.4) is 0 Å². The molecule has 3 N–H and O–H groups in total. The van der Waals surface area contributed by atoms with Gasteiger partial charge in [-0.05, 0) is 17.7 Å². The van der Waals surface area contributed by atoms with E-state index in [-0.39, 0.29) is 19.1 Å². The summed E-state index contributed by atoms with van der Waals surface area (Å²) in [5.74, 6) is 2.49. The molecule has 0 aliphatic rings. The minimum Gasteiger partial charge on any atom is -0.493 e. The Labute approximate surface area is 170 Å². The fourth-order valence-corrected chi connectivity index (χ4v) is 2.43. The first kappa shape index (κ1) is 23.5. The fraction of sp³-hybridized carbons (Fsp3) is 0.444. The summed E-state index contributed by atoms with van der Waals surface area (Å²) in [6.45, 7) is 1.28. The van der Waals surface area contributed by atoms with Gasteiger partial charge in [0.05, 0.1) is 34.5 Å². The van der Waals surface area contributed by atoms with Crippen molar-refractivity contribution in [3.63, 3.8) is 0 Å². The van der Waals surface area contributed by atoms with Crippen LogP contribution in [0.25, 0.3) is 0 Å². The molecule has 1 aromatic carbocycles. The van der Waals surface area contributed by atoms with E-state index in [1.54, 1.807) is 34.6 Å². The summed E-state index contributed by atoms with van der Waals surface area (Å²) in [5.41, 5.74) is 7.80. The molecular formula is C18H27ClN4O5. The average Bonchev–Trinajstić information content (AvgIpc) is 2.68. The Hall–Kier alpha value is -2.49. The lowest BCUT2D eigenvalue weighted by atomic mass is 10.1. The highest BCUT2D eigenvalue weighted by atomic mass is 35.5. The number of benzene rings is 1. The standard InChI is InChI=1S/C18H26N4O5.ClH/c1-23-5-6-27-11-21-18-20-10-13(17(19)22-18)7-12-8-14(24-2)16(26-4)15(9-12)25-3;/h8-10H,5-7,11H2,1-4H3,(H3,19,20,21,22);1H. The molecule has 10 heteroatoms. The van der Waals surface area contributed by atoms with Gasteiger partial charge in [0.25, 0.3) is 0 Å². The minimum atomic E-state index is 0. The number of ether oxygens (including phenoxy) is 5. The molecule has 9 nitrogen and oxygen atoms in total. The highest BCUT2D eigenvalue weighted by molar-refractivity contribution is 5.85. The van der Waals surface area contributed by atoms with Crippen molar-refractivity contribution in [1.82, 2.24) is 9.97 Å². The smallest absolute Gasteiger partial charge is 0.226 e. The number of halogens is 1. The molecule has 0 aliphatic heterocycles. The summed E-state index contributed by atoms with van der Waals surface area (Å²) in [6, 6.07) is 3.74. The van der Waals surface area contributed by atoms with Gasteiger partial charge in [-0.1, -0.05) is 0 Å². The van der Waals surface area contributed by atoms with Crippen molar-refractivity contribution in [1.29, 1.82) is 0 Å². The number of methoxy groups -OCH3 is 4. The number of nitrogen functional groups attached to an aromatic ring is 1. The normalized spacial score (nSPS) is 10.1. The van der Waals surface area contributed by atoms with E-state index in [2.05, 4.69) is 15.3 Å². The summed E-state index contributed by atoms with van der Waals surface area (Å²) in [4.78, 5) is 8.53. The highest BCUT2D eigenvalue weighted by Crippen LogP contribution is 2.38. The molecular weight excluding hydrogens is 388 g/mol. The van der Waals surface area contributed by atoms with Gasteiger partial charge in [0.1, 0.15) is 12.5 Å². The Kier molecular flexibility index (Phi) is 10.1. The van der Waals surface area contributed by atoms with Crippen molar-refractivity contribution < 1.29 is 23.7 Å². The molecule has 0 bridgehead atoms. The van der Waals surface area contributed by atoms with Crippen molar-refractivity contribution >= 4 is 24.2 Å². The molecule has 156 valence electrons. The van der Waals surface area contributed by atoms with Crippen LogP contribution >= 0.6 is 12.4 Å². The van der Waals surface area contributed by atoms with E-state index < -0.39 is 0 Å². The molecule has 2 rings (SSSR count). The Bertz CT molecular complexity index is 723. The SMILES string of the molecule is COCCOCNc1ncc(Cc2cc(OC)c(OC)c(OC)c2)c(N)n1.Cl. The second kappa shape index (κ2) is 12.1. The first-order valence-electron chi connectivity index (χ1n) is 8.33. The maximum atomic E-state index is 6.08. The largest absolute Gasteiger partial charge is 0.493 e. The van der Waals surface area contributed by atoms with Crippen molar-refractivity contribution in [2.45, 2.75) is 6.42 Å². The number of nitrogens with one attached hydrogen (secondary N) is 1. The molecule has 0 amide bonds. The Balaban J connectivity index is 0.00000392. The summed E-state index contributed by atoms with van der Waals surface area (Å²) in [5, 5.41) is 2.95. The van der Waals surface area contributed by atoms with Crippen LogP contribution in [0.4, 0.5) is 11.8 Å². The number of nitrogens with two attached hydrogens (primary N) is 1. The molecule has 0 saturated carbocycles. The van der Waals surface area contributed by atoms with Gasteiger partial charge in [0.15, 0.2) is 11.5 Å². The minimum absolute atomic E-state index is 0. The Morgan fingerprint density at radius 2 is 1.68 bits per heavy atom. The maximum absolute atomic E-state index is 6.08. The van der Waals surface area contributed by atoms with Crippen LogP contribution < -0.4 is 25.3 Å². The first-order valence-corrected chi connectivity index (χ1v) is 8.33. The third kappa shape index (κ3) is 6.29. The monoisotopic (exact) mass is 414 g/mol. The molecule has 2 aromatic rings. The zero-order valence-electron chi connectivity index (χ0n) is 16.5. The third-order valence-corrected chi connectivity index (χ3v) is 3.78. The quantitative estimate of drug-likeness (QED) is 0.422. The molecule has 0 spiro atoms. The van der Waals surface area contributed by atoms with Crippen LogP contribution in [-0.4, -0.2) is 58.4 Å². The summed E-state index contributed by atoms with van der Waals surface area (Å²) in [7, 11) is 6.34. The highest BCUT2D eigenvalue weighted by Gasteiger charge is 2.14. The van der Waals surface area contributed by atoms with Crippen LogP contribution in [0.2, 0.25) is 0 Å². The molecule has 0 fully saturated rings. The molecule has 28 heavy (non-hydrogen) atoms. The van der Waals surface area contributed by atoms with Gasteiger partial charge in [-0.25, -0.2) is 4.98 Å². The zero-order chi connectivity index (χ0) is 19.6. The number of hydrogen-bond donors (Lipinski definition) is 2. The molecule has 0 saturated heterocycles. The molecule has 1 heterocycles. The third-order valence-electron chi connectivity index (χ3n) is 3.78. The van der Waals surface area contributed by atoms with E-state index in [1.807, 2.05) is 12.1 Å². The topological polar surface area (TPSA) is 110 Å². The molecule has 0 unspecified atom stereocenters. The maximum Gasteiger partial charge on any atom is 0.226 e. The first-order chi connectivity index (χ1) is 13.1. The van der Waals surface area contributed by atoms with E-state index in [0.29, 0.717) is 48.6 Å². The van der Waals surface area contributed by atoms with Gasteiger partial charge < -0.3 is 34.7 Å². The van der Waals surface area contributed by atoms with Gasteiger partial charge >= 0.3 is 0 Å². The van der Waals surface area contributed by atoms with Crippen molar-refractivity contribution in [3.8, 4) is 17.2 Å². The predicted molar refractivity (Wildman–Crippen MR) is 109 cm³/mol. The second-order valence-corrected chi connectivity index (χ2v) is 5.54. The second-order valence-electron chi connectivity index (χ2n) is 5.54. The lowest BCUT2D eigenvalue weighted by Gasteiger charge is -2.14. The van der Waals surface area contributed by atoms with Crippen molar-refractivity contribution in [3.05, 3.63) is 29.5 Å². The van der Waals surface area contributed by atoms with Gasteiger partial charge in [-0.15, -0.1) is 12.4 Å². The van der Waals surface area contributed by atoms with Gasteiger partial charge in [0.2, 0.25) is 11.7 Å². The summed E-state index contributed by atoms with van der Waals surface area (Å²) in [6.07, 6.45) is 2.20. The van der Waals surface area contributed by atoms with Crippen LogP contribution in [0.5, 0.6) is 17.2 Å². The number of nitrogens with zero attached hydrogens (tertiary/aromatic N) is 2. The van der Waals surface area contributed by atoms with E-state index in [0.717, 1.165) is 11.1 Å². The number of aromatic nitrogens is 2. The van der Waals surface area contributed by atoms with Crippen LogP contribution in [0, 0.1) is 0 Å². The number of anilines is 2. The number of hydrogen-bond acceptors (Lipinski definition) is 9. The molecule has 1 aromatic heterocycles. The van der Waals surface area contributed by atoms with Gasteiger partial charge in [0, 0.05) is 25.3 Å². The summed E-state index contributed by atoms with van der Waals surface area (Å²) < 4.78 is 26.3. The summed E-state index contributed by atoms with van der Waals surface area (Å²) >= 11 is 0. The fourth-order valence-electron chi connectivity index (χ4n) is 2.43. The average molecular weight is 415 g/mol. The lowest BCUT2D eigenvalue weighted by molar-refractivity contribution is 0.0799. The van der Waals surface area contributed by atoms with E-state index in [1.165, 1.54) is 0 Å². The Morgan fingerprint density at radius 3 is 2.21 bits per heavy atom. The van der Waals surface area contributed by atoms with Gasteiger partial charge in [-0.2, -0.15) is 4.98 Å². The van der Waals surface area contributed by atoms with Crippen LogP contribution in [0.15, 0.2) is 18.3 Å². The zero-order valence-corrected chi connectivity index (χ0v) is 17.3. The molecule has 0 atom stereocenters. The van der Waals surface area contributed by atoms with E-state index >= 15 is 0 Å². The van der Waals surface area contributed by atoms with Crippen LogP contribution in [0.1, 0.15) is 11.1 Å². The van der Waals surface area contributed by atoms with E-state index in [4.69, 9.17) is 29.4 Å². The molecule has 0 aliphatic carbocycles. The van der Waals surface area contributed by atoms with Crippen molar-refractivity contribution in [2.75, 3.05) is 59.4 Å². The van der Waals surface area contributed by atoms with Gasteiger partial charge in [-0.3, -0.25) is 0 Å². The molecule has 0 radical (unpaired) electrons. The lowest BCUT2D eigenvalue weighted by Crippen LogP contribution is -2.13. The number of rotatable bonds is 11. The van der Waals surface area contributed by atoms with Crippen LogP contribution in [-0.2, 0) is 15.9 Å². The predicted octanol–water partition coefficient (Wildman–Crippen LogP) is 2.13. The van der Waals surface area contributed by atoms with E-state index in [9.17, 15) is 0 Å².